The maximum atomic E-state index is 12.3. The Bertz CT molecular complexity index is 627. The van der Waals surface area contributed by atoms with Gasteiger partial charge in [-0.1, -0.05) is 18.2 Å². The summed E-state index contributed by atoms with van der Waals surface area (Å²) < 4.78 is 5.27. The van der Waals surface area contributed by atoms with Gasteiger partial charge in [-0.2, -0.15) is 0 Å². The van der Waals surface area contributed by atoms with E-state index in [9.17, 15) is 4.79 Å². The first-order chi connectivity index (χ1) is 10.8. The zero-order valence-electron chi connectivity index (χ0n) is 12.6. The van der Waals surface area contributed by atoms with Gasteiger partial charge in [0.25, 0.3) is 0 Å². The Labute approximate surface area is 134 Å². The molecule has 22 heavy (non-hydrogen) atoms. The van der Waals surface area contributed by atoms with Crippen molar-refractivity contribution in [2.24, 2.45) is 0 Å². The number of amides is 1. The number of carbonyl (C=O) groups is 1. The maximum absolute atomic E-state index is 12.3. The number of benzene rings is 1. The third kappa shape index (κ3) is 3.31. The van der Waals surface area contributed by atoms with E-state index in [0.717, 1.165) is 25.1 Å². The molecule has 2 aromatic rings. The zero-order valence-corrected chi connectivity index (χ0v) is 13.4. The average Bonchev–Trinajstić information content (AvgIpc) is 3.18. The Kier molecular flexibility index (Phi) is 4.75. The van der Waals surface area contributed by atoms with Crippen molar-refractivity contribution >= 4 is 22.9 Å². The summed E-state index contributed by atoms with van der Waals surface area (Å²) in [5.41, 5.74) is 0.724. The number of rotatable bonds is 5. The molecule has 1 fully saturated rings. The molecule has 1 aromatic carbocycles. The molecule has 1 atom stereocenters. The lowest BCUT2D eigenvalue weighted by molar-refractivity contribution is -0.117. The molecular formula is C17H20N2O2S. The molecule has 1 aliphatic rings. The van der Waals surface area contributed by atoms with Crippen LogP contribution in [0.5, 0.6) is 5.75 Å². The standard InChI is InChI=1S/C17H20N2O2S/c1-21-15-8-3-2-6-13(15)18-17(20)12-19-10-4-7-14(19)16-9-5-11-22-16/h2-3,5-6,8-9,11,14H,4,7,10,12H2,1H3,(H,18,20). The second-order valence-electron chi connectivity index (χ2n) is 5.39. The summed E-state index contributed by atoms with van der Waals surface area (Å²) in [7, 11) is 1.61. The molecule has 0 spiro atoms. The lowest BCUT2D eigenvalue weighted by Gasteiger charge is -2.23. The Balaban J connectivity index is 1.64. The van der Waals surface area contributed by atoms with Gasteiger partial charge in [0.2, 0.25) is 5.91 Å². The fourth-order valence-electron chi connectivity index (χ4n) is 2.94. The van der Waals surface area contributed by atoms with Crippen molar-refractivity contribution in [2.45, 2.75) is 18.9 Å². The van der Waals surface area contributed by atoms with Gasteiger partial charge in [0.05, 0.1) is 19.3 Å². The molecule has 116 valence electrons. The summed E-state index contributed by atoms with van der Waals surface area (Å²) >= 11 is 1.77. The number of nitrogens with one attached hydrogen (secondary N) is 1. The Morgan fingerprint density at radius 1 is 1.36 bits per heavy atom. The quantitative estimate of drug-likeness (QED) is 0.917. The third-order valence-electron chi connectivity index (χ3n) is 3.96. The monoisotopic (exact) mass is 316 g/mol. The molecule has 3 rings (SSSR count). The van der Waals surface area contributed by atoms with E-state index in [0.29, 0.717) is 18.3 Å². The van der Waals surface area contributed by atoms with Crippen LogP contribution in [0.15, 0.2) is 41.8 Å². The molecule has 4 nitrogen and oxygen atoms in total. The first-order valence-electron chi connectivity index (χ1n) is 7.48. The minimum absolute atomic E-state index is 0.00737. The van der Waals surface area contributed by atoms with Crippen molar-refractivity contribution in [3.63, 3.8) is 0 Å². The molecule has 5 heteroatoms. The number of carbonyl (C=O) groups excluding carboxylic acids is 1. The minimum atomic E-state index is 0.00737. The molecular weight excluding hydrogens is 296 g/mol. The van der Waals surface area contributed by atoms with Crippen LogP contribution >= 0.6 is 11.3 Å². The van der Waals surface area contributed by atoms with Gasteiger partial charge < -0.3 is 10.1 Å². The number of nitrogens with zero attached hydrogens (tertiary/aromatic N) is 1. The zero-order chi connectivity index (χ0) is 15.4. The van der Waals surface area contributed by atoms with Crippen molar-refractivity contribution < 1.29 is 9.53 Å². The number of para-hydroxylation sites is 2. The minimum Gasteiger partial charge on any atom is -0.495 e. The normalized spacial score (nSPS) is 18.3. The fourth-order valence-corrected chi connectivity index (χ4v) is 3.84. The summed E-state index contributed by atoms with van der Waals surface area (Å²) in [6.07, 6.45) is 2.27. The van der Waals surface area contributed by atoms with E-state index in [4.69, 9.17) is 4.74 Å². The molecule has 1 N–H and O–H groups in total. The van der Waals surface area contributed by atoms with Gasteiger partial charge in [-0.05, 0) is 43.0 Å². The molecule has 0 bridgehead atoms. The van der Waals surface area contributed by atoms with Crippen LogP contribution in [0.25, 0.3) is 0 Å². The topological polar surface area (TPSA) is 41.6 Å². The second-order valence-corrected chi connectivity index (χ2v) is 6.37. The van der Waals surface area contributed by atoms with E-state index in [-0.39, 0.29) is 5.91 Å². The van der Waals surface area contributed by atoms with Crippen molar-refractivity contribution in [3.8, 4) is 5.75 Å². The summed E-state index contributed by atoms with van der Waals surface area (Å²) in [4.78, 5) is 16.0. The Hall–Kier alpha value is -1.85. The van der Waals surface area contributed by atoms with Crippen LogP contribution in [-0.2, 0) is 4.79 Å². The van der Waals surface area contributed by atoms with Crippen LogP contribution in [0.4, 0.5) is 5.69 Å². The lowest BCUT2D eigenvalue weighted by atomic mass is 10.2. The number of ether oxygens (including phenoxy) is 1. The molecule has 0 radical (unpaired) electrons. The lowest BCUT2D eigenvalue weighted by Crippen LogP contribution is -2.32. The van der Waals surface area contributed by atoms with Crippen LogP contribution < -0.4 is 10.1 Å². The van der Waals surface area contributed by atoms with Gasteiger partial charge in [0, 0.05) is 10.9 Å². The van der Waals surface area contributed by atoms with E-state index < -0.39 is 0 Å². The largest absolute Gasteiger partial charge is 0.495 e. The van der Waals surface area contributed by atoms with Gasteiger partial charge in [-0.3, -0.25) is 9.69 Å². The number of thiophene rings is 1. The van der Waals surface area contributed by atoms with Gasteiger partial charge in [-0.25, -0.2) is 0 Å². The molecule has 0 aliphatic carbocycles. The summed E-state index contributed by atoms with van der Waals surface area (Å²) in [5, 5.41) is 5.05. The summed E-state index contributed by atoms with van der Waals surface area (Å²) in [5.74, 6) is 0.694. The molecule has 1 aliphatic heterocycles. The highest BCUT2D eigenvalue weighted by molar-refractivity contribution is 7.10. The van der Waals surface area contributed by atoms with Crippen molar-refractivity contribution in [1.29, 1.82) is 0 Å². The predicted octanol–water partition coefficient (Wildman–Crippen LogP) is 3.53. The SMILES string of the molecule is COc1ccccc1NC(=O)CN1CCCC1c1cccs1. The Morgan fingerprint density at radius 2 is 2.23 bits per heavy atom. The molecule has 2 heterocycles. The van der Waals surface area contributed by atoms with Gasteiger partial charge in [0.1, 0.15) is 5.75 Å². The second kappa shape index (κ2) is 6.94. The number of methoxy groups -OCH3 is 1. The maximum Gasteiger partial charge on any atom is 0.238 e. The van der Waals surface area contributed by atoms with Crippen molar-refractivity contribution in [1.82, 2.24) is 4.90 Å². The summed E-state index contributed by atoms with van der Waals surface area (Å²) in [6, 6.07) is 12.1. The van der Waals surface area contributed by atoms with E-state index in [2.05, 4.69) is 27.7 Å². The summed E-state index contributed by atoms with van der Waals surface area (Å²) in [6.45, 7) is 1.39. The number of hydrogen-bond acceptors (Lipinski definition) is 4. The molecule has 1 amide bonds. The van der Waals surface area contributed by atoms with Crippen LogP contribution in [0.2, 0.25) is 0 Å². The van der Waals surface area contributed by atoms with Crippen LogP contribution in [0, 0.1) is 0 Å². The highest BCUT2D eigenvalue weighted by Crippen LogP contribution is 2.34. The fraction of sp³-hybridized carbons (Fsp3) is 0.353. The smallest absolute Gasteiger partial charge is 0.238 e. The molecule has 0 saturated carbocycles. The van der Waals surface area contributed by atoms with E-state index in [1.54, 1.807) is 18.4 Å². The first-order valence-corrected chi connectivity index (χ1v) is 8.36. The average molecular weight is 316 g/mol. The molecule has 1 unspecified atom stereocenters. The number of anilines is 1. The van der Waals surface area contributed by atoms with Crippen molar-refractivity contribution in [3.05, 3.63) is 46.7 Å². The van der Waals surface area contributed by atoms with Crippen molar-refractivity contribution in [2.75, 3.05) is 25.5 Å². The van der Waals surface area contributed by atoms with Crippen LogP contribution in [0.1, 0.15) is 23.8 Å². The van der Waals surface area contributed by atoms with E-state index in [1.807, 2.05) is 24.3 Å². The predicted molar refractivity (Wildman–Crippen MR) is 89.5 cm³/mol. The molecule has 1 aromatic heterocycles. The van der Waals surface area contributed by atoms with E-state index >= 15 is 0 Å². The highest BCUT2D eigenvalue weighted by atomic mass is 32.1. The highest BCUT2D eigenvalue weighted by Gasteiger charge is 2.28. The van der Waals surface area contributed by atoms with Gasteiger partial charge >= 0.3 is 0 Å². The third-order valence-corrected chi connectivity index (χ3v) is 4.94. The number of hydrogen-bond donors (Lipinski definition) is 1. The van der Waals surface area contributed by atoms with Crippen LogP contribution in [-0.4, -0.2) is 31.0 Å². The van der Waals surface area contributed by atoms with Gasteiger partial charge in [0.15, 0.2) is 0 Å². The van der Waals surface area contributed by atoms with E-state index in [1.165, 1.54) is 4.88 Å². The van der Waals surface area contributed by atoms with Crippen LogP contribution in [0.3, 0.4) is 0 Å². The molecule has 1 saturated heterocycles. The van der Waals surface area contributed by atoms with Gasteiger partial charge in [-0.15, -0.1) is 11.3 Å². The number of likely N-dealkylation sites (tertiary alicyclic amines) is 1. The first kappa shape index (κ1) is 15.1. The Morgan fingerprint density at radius 3 is 3.00 bits per heavy atom.